The van der Waals surface area contributed by atoms with Crippen LogP contribution in [0.2, 0.25) is 0 Å². The van der Waals surface area contributed by atoms with Crippen molar-refractivity contribution in [3.05, 3.63) is 59.7 Å². The quantitative estimate of drug-likeness (QED) is 0.717. The molecule has 96 valence electrons. The Morgan fingerprint density at radius 1 is 1.00 bits per heavy atom. The molecule has 1 aromatic heterocycles. The summed E-state index contributed by atoms with van der Waals surface area (Å²) >= 11 is 0. The summed E-state index contributed by atoms with van der Waals surface area (Å²) in [6.45, 7) is 2.63. The standard InChI is InChI=1S/C15H15N3O/c1-2-12-7-9-13(10-8-12)11-19-18-15-6-4-3-5-14(15)16-17-18/h3-10H,2,11H2,1H3. The van der Waals surface area contributed by atoms with E-state index in [2.05, 4.69) is 41.5 Å². The highest BCUT2D eigenvalue weighted by Crippen LogP contribution is 2.10. The molecule has 0 aliphatic rings. The zero-order valence-electron chi connectivity index (χ0n) is 10.8. The fourth-order valence-corrected chi connectivity index (χ4v) is 1.95. The topological polar surface area (TPSA) is 39.9 Å². The van der Waals surface area contributed by atoms with Crippen LogP contribution >= 0.6 is 0 Å². The third-order valence-corrected chi connectivity index (χ3v) is 3.11. The van der Waals surface area contributed by atoms with Crippen molar-refractivity contribution in [1.29, 1.82) is 0 Å². The minimum atomic E-state index is 0.483. The van der Waals surface area contributed by atoms with Crippen molar-refractivity contribution in [3.63, 3.8) is 0 Å². The molecule has 0 aliphatic heterocycles. The van der Waals surface area contributed by atoms with Gasteiger partial charge in [-0.25, -0.2) is 0 Å². The summed E-state index contributed by atoms with van der Waals surface area (Å²) in [7, 11) is 0. The SMILES string of the molecule is CCc1ccc(COn2nnc3ccccc32)cc1. The number of fused-ring (bicyclic) bond motifs is 1. The number of hydrogen-bond acceptors (Lipinski definition) is 3. The van der Waals surface area contributed by atoms with Crippen LogP contribution in [0, 0.1) is 0 Å². The molecule has 3 rings (SSSR count). The number of rotatable bonds is 4. The van der Waals surface area contributed by atoms with Crippen LogP contribution in [-0.2, 0) is 13.0 Å². The van der Waals surface area contributed by atoms with Crippen LogP contribution in [0.1, 0.15) is 18.1 Å². The zero-order chi connectivity index (χ0) is 13.1. The summed E-state index contributed by atoms with van der Waals surface area (Å²) in [4.78, 5) is 7.14. The normalized spacial score (nSPS) is 10.8. The maximum atomic E-state index is 5.66. The van der Waals surface area contributed by atoms with Gasteiger partial charge in [0.1, 0.15) is 17.6 Å². The van der Waals surface area contributed by atoms with Gasteiger partial charge in [0.05, 0.1) is 0 Å². The molecule has 4 nitrogen and oxygen atoms in total. The van der Waals surface area contributed by atoms with Crippen LogP contribution in [0.4, 0.5) is 0 Å². The predicted molar refractivity (Wildman–Crippen MR) is 73.6 cm³/mol. The van der Waals surface area contributed by atoms with Crippen LogP contribution in [-0.4, -0.2) is 15.2 Å². The molecule has 0 N–H and O–H groups in total. The number of para-hydroxylation sites is 1. The molecule has 0 atom stereocenters. The third-order valence-electron chi connectivity index (χ3n) is 3.11. The Morgan fingerprint density at radius 2 is 1.74 bits per heavy atom. The van der Waals surface area contributed by atoms with E-state index in [9.17, 15) is 0 Å². The molecule has 0 aliphatic carbocycles. The van der Waals surface area contributed by atoms with Crippen LogP contribution in [0.5, 0.6) is 0 Å². The lowest BCUT2D eigenvalue weighted by Crippen LogP contribution is -2.12. The van der Waals surface area contributed by atoms with E-state index < -0.39 is 0 Å². The molecule has 19 heavy (non-hydrogen) atoms. The molecule has 0 spiro atoms. The van der Waals surface area contributed by atoms with Crippen molar-refractivity contribution >= 4 is 11.0 Å². The zero-order valence-corrected chi connectivity index (χ0v) is 10.8. The minimum absolute atomic E-state index is 0.483. The third kappa shape index (κ3) is 2.42. The van der Waals surface area contributed by atoms with Gasteiger partial charge in [-0.2, -0.15) is 0 Å². The van der Waals surface area contributed by atoms with E-state index in [4.69, 9.17) is 4.84 Å². The number of hydrogen-bond donors (Lipinski definition) is 0. The molecule has 0 amide bonds. The molecule has 1 heterocycles. The van der Waals surface area contributed by atoms with Gasteiger partial charge in [0.15, 0.2) is 0 Å². The van der Waals surface area contributed by atoms with Crippen LogP contribution in [0.3, 0.4) is 0 Å². The minimum Gasteiger partial charge on any atom is -0.390 e. The monoisotopic (exact) mass is 253 g/mol. The summed E-state index contributed by atoms with van der Waals surface area (Å²) in [5, 5.41) is 8.03. The molecular weight excluding hydrogens is 238 g/mol. The van der Waals surface area contributed by atoms with E-state index in [0.29, 0.717) is 6.61 Å². The van der Waals surface area contributed by atoms with E-state index in [-0.39, 0.29) is 0 Å². The first-order valence-corrected chi connectivity index (χ1v) is 6.38. The average Bonchev–Trinajstić information content (AvgIpc) is 2.89. The van der Waals surface area contributed by atoms with Gasteiger partial charge in [-0.05, 0) is 34.9 Å². The van der Waals surface area contributed by atoms with E-state index in [1.54, 1.807) is 0 Å². The van der Waals surface area contributed by atoms with Crippen LogP contribution in [0.15, 0.2) is 48.5 Å². The molecule has 4 heteroatoms. The Morgan fingerprint density at radius 3 is 2.53 bits per heavy atom. The fourth-order valence-electron chi connectivity index (χ4n) is 1.95. The molecule has 0 fully saturated rings. The van der Waals surface area contributed by atoms with Crippen molar-refractivity contribution in [3.8, 4) is 0 Å². The van der Waals surface area contributed by atoms with Gasteiger partial charge in [0.2, 0.25) is 0 Å². The maximum absolute atomic E-state index is 5.66. The average molecular weight is 253 g/mol. The van der Waals surface area contributed by atoms with Crippen molar-refractivity contribution in [2.24, 2.45) is 0 Å². The molecule has 0 bridgehead atoms. The van der Waals surface area contributed by atoms with Crippen molar-refractivity contribution in [2.45, 2.75) is 20.0 Å². The van der Waals surface area contributed by atoms with E-state index in [0.717, 1.165) is 23.0 Å². The number of benzene rings is 2. The van der Waals surface area contributed by atoms with E-state index in [1.165, 1.54) is 10.4 Å². The van der Waals surface area contributed by atoms with Gasteiger partial charge in [-0.15, -0.1) is 5.10 Å². The number of aryl methyl sites for hydroxylation is 1. The Bertz CT molecular complexity index is 673. The summed E-state index contributed by atoms with van der Waals surface area (Å²) in [5.74, 6) is 0. The molecule has 0 saturated carbocycles. The lowest BCUT2D eigenvalue weighted by molar-refractivity contribution is 0.0751. The molecule has 0 saturated heterocycles. The summed E-state index contributed by atoms with van der Waals surface area (Å²) < 4.78 is 0. The number of nitrogens with zero attached hydrogens (tertiary/aromatic N) is 3. The second-order valence-electron chi connectivity index (χ2n) is 4.39. The predicted octanol–water partition coefficient (Wildman–Crippen LogP) is 2.62. The highest BCUT2D eigenvalue weighted by atomic mass is 16.7. The first kappa shape index (κ1) is 11.7. The van der Waals surface area contributed by atoms with Gasteiger partial charge in [0, 0.05) is 0 Å². The van der Waals surface area contributed by atoms with Gasteiger partial charge in [-0.3, -0.25) is 0 Å². The van der Waals surface area contributed by atoms with E-state index in [1.807, 2.05) is 24.3 Å². The molecule has 0 unspecified atom stereocenters. The van der Waals surface area contributed by atoms with Crippen LogP contribution in [0.25, 0.3) is 11.0 Å². The number of aromatic nitrogens is 3. The first-order chi connectivity index (χ1) is 9.36. The van der Waals surface area contributed by atoms with E-state index >= 15 is 0 Å². The second kappa shape index (κ2) is 5.10. The second-order valence-corrected chi connectivity index (χ2v) is 4.39. The van der Waals surface area contributed by atoms with Crippen LogP contribution < -0.4 is 4.84 Å². The van der Waals surface area contributed by atoms with Gasteiger partial charge < -0.3 is 4.84 Å². The summed E-state index contributed by atoms with van der Waals surface area (Å²) in [6.07, 6.45) is 1.05. The van der Waals surface area contributed by atoms with Crippen molar-refractivity contribution < 1.29 is 4.84 Å². The van der Waals surface area contributed by atoms with Crippen molar-refractivity contribution in [2.75, 3.05) is 0 Å². The smallest absolute Gasteiger partial charge is 0.142 e. The Hall–Kier alpha value is -2.36. The summed E-state index contributed by atoms with van der Waals surface area (Å²) in [6, 6.07) is 16.1. The lowest BCUT2D eigenvalue weighted by atomic mass is 10.1. The van der Waals surface area contributed by atoms with Gasteiger partial charge >= 0.3 is 0 Å². The molecular formula is C15H15N3O. The largest absolute Gasteiger partial charge is 0.390 e. The molecule has 0 radical (unpaired) electrons. The molecule has 3 aromatic rings. The van der Waals surface area contributed by atoms with Crippen molar-refractivity contribution in [1.82, 2.24) is 15.2 Å². The fraction of sp³-hybridized carbons (Fsp3) is 0.200. The Labute approximate surface area is 111 Å². The highest BCUT2D eigenvalue weighted by molar-refractivity contribution is 5.73. The maximum Gasteiger partial charge on any atom is 0.142 e. The highest BCUT2D eigenvalue weighted by Gasteiger charge is 2.04. The first-order valence-electron chi connectivity index (χ1n) is 6.38. The summed E-state index contributed by atoms with van der Waals surface area (Å²) in [5.41, 5.74) is 4.17. The lowest BCUT2D eigenvalue weighted by Gasteiger charge is -2.06. The molecule has 2 aromatic carbocycles. The Kier molecular flexibility index (Phi) is 3.14. The van der Waals surface area contributed by atoms with Gasteiger partial charge in [0.25, 0.3) is 0 Å². The Balaban J connectivity index is 1.74. The van der Waals surface area contributed by atoms with Gasteiger partial charge in [-0.1, -0.05) is 48.2 Å².